The SMILES string of the molecule is Cc1cccc(Cc2ccccc2)c1.[N-]=C=O.[N-]=C=O. The van der Waals surface area contributed by atoms with E-state index >= 15 is 0 Å². The third-order valence-corrected chi connectivity index (χ3v) is 2.33. The van der Waals surface area contributed by atoms with Crippen LogP contribution in [0.3, 0.4) is 0 Å². The van der Waals surface area contributed by atoms with Crippen molar-refractivity contribution >= 4 is 12.2 Å². The van der Waals surface area contributed by atoms with Crippen molar-refractivity contribution in [3.63, 3.8) is 0 Å². The molecule has 2 aromatic carbocycles. The summed E-state index contributed by atoms with van der Waals surface area (Å²) in [7, 11) is 0. The maximum Gasteiger partial charge on any atom is -0.00257 e. The van der Waals surface area contributed by atoms with Gasteiger partial charge in [0.05, 0.1) is 0 Å². The van der Waals surface area contributed by atoms with Crippen molar-refractivity contribution in [1.82, 2.24) is 0 Å². The third-order valence-electron chi connectivity index (χ3n) is 2.33. The minimum Gasteiger partial charge on any atom is -0.724 e. The lowest BCUT2D eigenvalue weighted by Crippen LogP contribution is -1.87. The molecule has 0 aliphatic carbocycles. The molecular formula is C16H14N2O2-2. The second kappa shape index (κ2) is 11.3. The molecule has 4 nitrogen and oxygen atoms in total. The summed E-state index contributed by atoms with van der Waals surface area (Å²) >= 11 is 0. The van der Waals surface area contributed by atoms with Gasteiger partial charge in [-0.2, -0.15) is 0 Å². The van der Waals surface area contributed by atoms with Crippen molar-refractivity contribution in [2.45, 2.75) is 13.3 Å². The second-order valence-electron chi connectivity index (χ2n) is 3.83. The summed E-state index contributed by atoms with van der Waals surface area (Å²) in [5.41, 5.74) is 4.09. The Hall–Kier alpha value is -2.80. The van der Waals surface area contributed by atoms with Gasteiger partial charge in [0.1, 0.15) is 0 Å². The van der Waals surface area contributed by atoms with E-state index in [1.54, 1.807) is 0 Å². The smallest absolute Gasteiger partial charge is 0.00257 e. The highest BCUT2D eigenvalue weighted by Crippen LogP contribution is 2.10. The average molecular weight is 266 g/mol. The summed E-state index contributed by atoms with van der Waals surface area (Å²) in [4.78, 5) is 16.5. The van der Waals surface area contributed by atoms with E-state index in [0.717, 1.165) is 6.42 Å². The van der Waals surface area contributed by atoms with Gasteiger partial charge in [0.2, 0.25) is 0 Å². The van der Waals surface area contributed by atoms with Crippen LogP contribution in [0.5, 0.6) is 0 Å². The van der Waals surface area contributed by atoms with Crippen LogP contribution < -0.4 is 0 Å². The minimum absolute atomic E-state index is 0.500. The quantitative estimate of drug-likeness (QED) is 0.617. The van der Waals surface area contributed by atoms with E-state index in [9.17, 15) is 0 Å². The van der Waals surface area contributed by atoms with Crippen molar-refractivity contribution in [1.29, 1.82) is 0 Å². The Balaban J connectivity index is 0.000000520. The molecule has 0 bridgehead atoms. The van der Waals surface area contributed by atoms with Gasteiger partial charge < -0.3 is 10.8 Å². The number of nitrogens with zero attached hydrogens (tertiary/aromatic N) is 2. The maximum atomic E-state index is 8.24. The van der Waals surface area contributed by atoms with Gasteiger partial charge in [-0.1, -0.05) is 60.2 Å². The Kier molecular flexibility index (Phi) is 9.72. The third kappa shape index (κ3) is 8.31. The van der Waals surface area contributed by atoms with Crippen LogP contribution in [0.15, 0.2) is 54.6 Å². The molecule has 0 fully saturated rings. The highest BCUT2D eigenvalue weighted by Gasteiger charge is 1.94. The fraction of sp³-hybridized carbons (Fsp3) is 0.125. The van der Waals surface area contributed by atoms with Crippen LogP contribution in [0, 0.1) is 6.92 Å². The monoisotopic (exact) mass is 266 g/mol. The zero-order chi connectivity index (χ0) is 15.2. The molecular weight excluding hydrogens is 252 g/mol. The number of isocyanates is 2. The average Bonchev–Trinajstić information content (AvgIpc) is 2.42. The molecule has 0 aromatic heterocycles. The topological polar surface area (TPSA) is 78.7 Å². The number of benzene rings is 2. The maximum absolute atomic E-state index is 8.24. The van der Waals surface area contributed by atoms with Crippen molar-refractivity contribution in [3.8, 4) is 0 Å². The van der Waals surface area contributed by atoms with E-state index in [1.165, 1.54) is 16.7 Å². The zero-order valence-electron chi connectivity index (χ0n) is 11.1. The first-order valence-electron chi connectivity index (χ1n) is 5.79. The van der Waals surface area contributed by atoms with Gasteiger partial charge >= 0.3 is 0 Å². The summed E-state index contributed by atoms with van der Waals surface area (Å²) in [6.45, 7) is 2.13. The molecule has 0 saturated heterocycles. The van der Waals surface area contributed by atoms with Gasteiger partial charge in [0.25, 0.3) is 0 Å². The fourth-order valence-electron chi connectivity index (χ4n) is 1.65. The normalized spacial score (nSPS) is 7.85. The van der Waals surface area contributed by atoms with Crippen LogP contribution in [0.1, 0.15) is 16.7 Å². The Morgan fingerprint density at radius 1 is 0.850 bits per heavy atom. The molecule has 20 heavy (non-hydrogen) atoms. The molecule has 0 N–H and O–H groups in total. The van der Waals surface area contributed by atoms with E-state index in [-0.39, 0.29) is 0 Å². The van der Waals surface area contributed by atoms with Crippen LogP contribution in [-0.4, -0.2) is 12.2 Å². The Bertz CT molecular complexity index is 556. The number of rotatable bonds is 2. The zero-order valence-corrected chi connectivity index (χ0v) is 11.1. The summed E-state index contributed by atoms with van der Waals surface area (Å²) < 4.78 is 0. The van der Waals surface area contributed by atoms with Crippen molar-refractivity contribution in [2.24, 2.45) is 0 Å². The summed E-state index contributed by atoms with van der Waals surface area (Å²) in [5, 5.41) is 13.5. The molecule has 0 spiro atoms. The molecule has 4 heteroatoms. The number of carbonyl (C=O) groups excluding carboxylic acids is 2. The molecule has 0 aliphatic heterocycles. The van der Waals surface area contributed by atoms with Crippen LogP contribution in [-0.2, 0) is 16.0 Å². The molecule has 0 unspecified atom stereocenters. The molecule has 0 heterocycles. The number of hydrogen-bond donors (Lipinski definition) is 0. The van der Waals surface area contributed by atoms with Gasteiger partial charge in [-0.25, -0.2) is 0 Å². The summed E-state index contributed by atoms with van der Waals surface area (Å²) in [5.74, 6) is 0. The van der Waals surface area contributed by atoms with Crippen molar-refractivity contribution in [3.05, 3.63) is 82.1 Å². The fourth-order valence-corrected chi connectivity index (χ4v) is 1.65. The largest absolute Gasteiger partial charge is 0.724 e. The van der Waals surface area contributed by atoms with Crippen LogP contribution >= 0.6 is 0 Å². The molecule has 0 aliphatic rings. The molecule has 0 atom stereocenters. The lowest BCUT2D eigenvalue weighted by Gasteiger charge is -2.02. The summed E-state index contributed by atoms with van der Waals surface area (Å²) in [6, 6.07) is 19.2. The summed E-state index contributed by atoms with van der Waals surface area (Å²) in [6.07, 6.45) is 2.03. The predicted octanol–water partition coefficient (Wildman–Crippen LogP) is 3.37. The van der Waals surface area contributed by atoms with E-state index < -0.39 is 0 Å². The van der Waals surface area contributed by atoms with Gasteiger partial charge in [-0.15, -0.1) is 0 Å². The van der Waals surface area contributed by atoms with Gasteiger partial charge in [-0.3, -0.25) is 9.59 Å². The van der Waals surface area contributed by atoms with Crippen LogP contribution in [0.25, 0.3) is 10.8 Å². The van der Waals surface area contributed by atoms with E-state index in [4.69, 9.17) is 20.4 Å². The number of hydrogen-bond acceptors (Lipinski definition) is 2. The predicted molar refractivity (Wildman–Crippen MR) is 78.5 cm³/mol. The molecule has 0 amide bonds. The first kappa shape index (κ1) is 17.2. The Morgan fingerprint density at radius 3 is 1.85 bits per heavy atom. The molecule has 102 valence electrons. The van der Waals surface area contributed by atoms with Crippen LogP contribution in [0.4, 0.5) is 0 Å². The highest BCUT2D eigenvalue weighted by molar-refractivity contribution is 5.37. The lowest BCUT2D eigenvalue weighted by molar-refractivity contribution is 0.568. The first-order chi connectivity index (χ1) is 9.67. The lowest BCUT2D eigenvalue weighted by atomic mass is 10.0. The minimum atomic E-state index is 0.500. The van der Waals surface area contributed by atoms with E-state index in [0.29, 0.717) is 12.2 Å². The van der Waals surface area contributed by atoms with E-state index in [2.05, 4.69) is 61.5 Å². The number of aryl methyl sites for hydroxylation is 1. The molecule has 2 aromatic rings. The molecule has 0 radical (unpaired) electrons. The first-order valence-corrected chi connectivity index (χ1v) is 5.79. The van der Waals surface area contributed by atoms with Crippen molar-refractivity contribution in [2.75, 3.05) is 0 Å². The Labute approximate surface area is 118 Å². The van der Waals surface area contributed by atoms with E-state index in [1.807, 2.05) is 0 Å². The molecule has 2 rings (SSSR count). The van der Waals surface area contributed by atoms with Gasteiger partial charge in [0.15, 0.2) is 0 Å². The van der Waals surface area contributed by atoms with Crippen molar-refractivity contribution < 1.29 is 9.59 Å². The molecule has 0 saturated carbocycles. The van der Waals surface area contributed by atoms with Gasteiger partial charge in [-0.05, 0) is 36.6 Å². The highest BCUT2D eigenvalue weighted by atomic mass is 16.1. The standard InChI is InChI=1S/C14H14.2CNO/c1-12-6-5-9-14(10-12)11-13-7-3-2-4-8-13;2*2-1-3/h2-10H,11H2,1H3;;/q;2*-1. The van der Waals surface area contributed by atoms with Crippen LogP contribution in [0.2, 0.25) is 0 Å². The second-order valence-corrected chi connectivity index (χ2v) is 3.83. The Morgan fingerprint density at radius 2 is 1.35 bits per heavy atom. The van der Waals surface area contributed by atoms with Gasteiger partial charge in [0, 0.05) is 0 Å².